The maximum atomic E-state index is 12.2. The molecule has 0 unspecified atom stereocenters. The van der Waals surface area contributed by atoms with E-state index in [4.69, 9.17) is 0 Å². The lowest BCUT2D eigenvalue weighted by atomic mass is 10.1. The summed E-state index contributed by atoms with van der Waals surface area (Å²) in [6, 6.07) is 0.327. The zero-order valence-corrected chi connectivity index (χ0v) is 9.39. The van der Waals surface area contributed by atoms with Crippen LogP contribution in [0.4, 0.5) is 0 Å². The topological polar surface area (TPSA) is 58.1 Å². The van der Waals surface area contributed by atoms with Crippen molar-refractivity contribution in [1.82, 2.24) is 20.2 Å². The molecule has 1 aromatic heterocycles. The Hall–Kier alpha value is -1.49. The number of carbonyl (C=O) groups is 1. The zero-order chi connectivity index (χ0) is 11.4. The molecule has 0 bridgehead atoms. The second kappa shape index (κ2) is 5.03. The summed E-state index contributed by atoms with van der Waals surface area (Å²) >= 11 is 0. The molecule has 0 atom stereocenters. The smallest absolute Gasteiger partial charge is 0.257 e. The van der Waals surface area contributed by atoms with Crippen LogP contribution in [-0.4, -0.2) is 46.5 Å². The second-order valence-corrected chi connectivity index (χ2v) is 3.94. The van der Waals surface area contributed by atoms with Crippen molar-refractivity contribution < 1.29 is 4.79 Å². The zero-order valence-electron chi connectivity index (χ0n) is 9.39. The summed E-state index contributed by atoms with van der Waals surface area (Å²) < 4.78 is 0. The number of amides is 1. The molecule has 1 N–H and O–H groups in total. The normalized spacial score (nSPS) is 15.6. The Morgan fingerprint density at radius 1 is 1.50 bits per heavy atom. The molecule has 1 amide bonds. The highest BCUT2D eigenvalue weighted by atomic mass is 16.2. The molecule has 0 aromatic carbocycles. The molecule has 0 radical (unpaired) electrons. The summed E-state index contributed by atoms with van der Waals surface area (Å²) in [5.74, 6) is 0.0361. The fourth-order valence-electron chi connectivity index (χ4n) is 1.76. The number of rotatable bonds is 4. The number of hydrogen-bond acceptors (Lipinski definition) is 4. The third kappa shape index (κ3) is 2.19. The molecule has 2 rings (SSSR count). The van der Waals surface area contributed by atoms with E-state index in [1.54, 1.807) is 12.4 Å². The molecule has 2 heterocycles. The van der Waals surface area contributed by atoms with E-state index in [1.807, 2.05) is 4.90 Å². The number of carbonyl (C=O) groups excluding carboxylic acids is 1. The van der Waals surface area contributed by atoms with Crippen LogP contribution in [0, 0.1) is 0 Å². The summed E-state index contributed by atoms with van der Waals surface area (Å²) in [5, 5.41) is 3.18. The molecule has 1 aliphatic rings. The van der Waals surface area contributed by atoms with E-state index in [1.165, 1.54) is 6.33 Å². The van der Waals surface area contributed by atoms with Gasteiger partial charge in [0.2, 0.25) is 0 Å². The van der Waals surface area contributed by atoms with Gasteiger partial charge in [-0.15, -0.1) is 0 Å². The lowest BCUT2D eigenvalue weighted by Crippen LogP contribution is -2.59. The summed E-state index contributed by atoms with van der Waals surface area (Å²) in [5.41, 5.74) is 0.572. The summed E-state index contributed by atoms with van der Waals surface area (Å²) in [4.78, 5) is 21.9. The molecule has 1 aromatic rings. The minimum atomic E-state index is 0.0361. The molecular formula is C11H16N4O. The van der Waals surface area contributed by atoms with Crippen molar-refractivity contribution in [2.45, 2.75) is 19.4 Å². The standard InChI is InChI=1S/C11H16N4O/c1-2-3-15(10-6-12-7-10)11(16)9-4-13-8-14-5-9/h4-5,8,10,12H,2-3,6-7H2,1H3. The van der Waals surface area contributed by atoms with E-state index in [-0.39, 0.29) is 5.91 Å². The molecule has 1 aliphatic heterocycles. The average Bonchev–Trinajstić information content (AvgIpc) is 2.26. The first-order valence-corrected chi connectivity index (χ1v) is 5.59. The summed E-state index contributed by atoms with van der Waals surface area (Å²) in [6.45, 7) is 4.65. The highest BCUT2D eigenvalue weighted by Gasteiger charge is 2.28. The third-order valence-electron chi connectivity index (χ3n) is 2.73. The molecule has 5 nitrogen and oxygen atoms in total. The van der Waals surface area contributed by atoms with E-state index in [2.05, 4.69) is 22.2 Å². The molecule has 0 spiro atoms. The van der Waals surface area contributed by atoms with Crippen molar-refractivity contribution in [2.24, 2.45) is 0 Å². The Morgan fingerprint density at radius 3 is 2.69 bits per heavy atom. The summed E-state index contributed by atoms with van der Waals surface area (Å²) in [6.07, 6.45) is 5.55. The van der Waals surface area contributed by atoms with Gasteiger partial charge in [-0.2, -0.15) is 0 Å². The SMILES string of the molecule is CCCN(C(=O)c1cncnc1)C1CNC1. The van der Waals surface area contributed by atoms with Gasteiger partial charge < -0.3 is 10.2 Å². The van der Waals surface area contributed by atoms with Crippen molar-refractivity contribution in [3.05, 3.63) is 24.3 Å². The quantitative estimate of drug-likeness (QED) is 0.793. The number of nitrogens with one attached hydrogen (secondary N) is 1. The first kappa shape index (κ1) is 11.0. The first-order chi connectivity index (χ1) is 7.83. The van der Waals surface area contributed by atoms with Crippen molar-refractivity contribution >= 4 is 5.91 Å². The molecular weight excluding hydrogens is 204 g/mol. The van der Waals surface area contributed by atoms with Crippen molar-refractivity contribution in [2.75, 3.05) is 19.6 Å². The molecule has 5 heteroatoms. The van der Waals surface area contributed by atoms with Crippen LogP contribution in [0.5, 0.6) is 0 Å². The lowest BCUT2D eigenvalue weighted by Gasteiger charge is -2.38. The molecule has 1 saturated heterocycles. The Labute approximate surface area is 94.9 Å². The Morgan fingerprint density at radius 2 is 2.19 bits per heavy atom. The second-order valence-electron chi connectivity index (χ2n) is 3.94. The van der Waals surface area contributed by atoms with Crippen molar-refractivity contribution in [3.63, 3.8) is 0 Å². The monoisotopic (exact) mass is 220 g/mol. The fraction of sp³-hybridized carbons (Fsp3) is 0.545. The number of aromatic nitrogens is 2. The van der Waals surface area contributed by atoms with Gasteiger partial charge in [0, 0.05) is 32.0 Å². The van der Waals surface area contributed by atoms with Gasteiger partial charge in [-0.1, -0.05) is 6.92 Å². The highest BCUT2D eigenvalue weighted by molar-refractivity contribution is 5.93. The molecule has 0 saturated carbocycles. The van der Waals surface area contributed by atoms with Gasteiger partial charge in [-0.3, -0.25) is 4.79 Å². The van der Waals surface area contributed by atoms with Gasteiger partial charge in [0.1, 0.15) is 6.33 Å². The van der Waals surface area contributed by atoms with Crippen LogP contribution >= 0.6 is 0 Å². The Kier molecular flexibility index (Phi) is 3.46. The van der Waals surface area contributed by atoms with Crippen LogP contribution in [0.1, 0.15) is 23.7 Å². The van der Waals surface area contributed by atoms with Crippen molar-refractivity contribution in [3.8, 4) is 0 Å². The first-order valence-electron chi connectivity index (χ1n) is 5.59. The lowest BCUT2D eigenvalue weighted by molar-refractivity contribution is 0.0615. The van der Waals surface area contributed by atoms with Gasteiger partial charge in [0.15, 0.2) is 0 Å². The molecule has 16 heavy (non-hydrogen) atoms. The van der Waals surface area contributed by atoms with Crippen LogP contribution in [0.3, 0.4) is 0 Å². The van der Waals surface area contributed by atoms with E-state index >= 15 is 0 Å². The van der Waals surface area contributed by atoms with Crippen LogP contribution in [-0.2, 0) is 0 Å². The van der Waals surface area contributed by atoms with Gasteiger partial charge in [0.05, 0.1) is 11.6 Å². The van der Waals surface area contributed by atoms with E-state index < -0.39 is 0 Å². The Balaban J connectivity index is 2.10. The minimum Gasteiger partial charge on any atom is -0.333 e. The fourth-order valence-corrected chi connectivity index (χ4v) is 1.76. The third-order valence-corrected chi connectivity index (χ3v) is 2.73. The van der Waals surface area contributed by atoms with Crippen LogP contribution in [0.25, 0.3) is 0 Å². The highest BCUT2D eigenvalue weighted by Crippen LogP contribution is 2.10. The van der Waals surface area contributed by atoms with Gasteiger partial charge in [0.25, 0.3) is 5.91 Å². The molecule has 86 valence electrons. The Bertz CT molecular complexity index is 350. The van der Waals surface area contributed by atoms with Gasteiger partial charge in [-0.05, 0) is 6.42 Å². The van der Waals surface area contributed by atoms with E-state index in [0.717, 1.165) is 26.1 Å². The van der Waals surface area contributed by atoms with Gasteiger partial charge in [-0.25, -0.2) is 9.97 Å². The van der Waals surface area contributed by atoms with E-state index in [9.17, 15) is 4.79 Å². The molecule has 0 aliphatic carbocycles. The maximum absolute atomic E-state index is 12.2. The average molecular weight is 220 g/mol. The largest absolute Gasteiger partial charge is 0.333 e. The van der Waals surface area contributed by atoms with Crippen LogP contribution < -0.4 is 5.32 Å². The minimum absolute atomic E-state index is 0.0361. The van der Waals surface area contributed by atoms with Crippen LogP contribution in [0.15, 0.2) is 18.7 Å². The van der Waals surface area contributed by atoms with E-state index in [0.29, 0.717) is 11.6 Å². The number of hydrogen-bond donors (Lipinski definition) is 1. The molecule has 1 fully saturated rings. The predicted octanol–water partition coefficient (Wildman–Crippen LogP) is 0.301. The van der Waals surface area contributed by atoms with Gasteiger partial charge >= 0.3 is 0 Å². The van der Waals surface area contributed by atoms with Crippen LogP contribution in [0.2, 0.25) is 0 Å². The maximum Gasteiger partial charge on any atom is 0.257 e. The summed E-state index contributed by atoms with van der Waals surface area (Å²) in [7, 11) is 0. The predicted molar refractivity (Wildman–Crippen MR) is 60.0 cm³/mol. The number of nitrogens with zero attached hydrogens (tertiary/aromatic N) is 3. The van der Waals surface area contributed by atoms with Crippen molar-refractivity contribution in [1.29, 1.82) is 0 Å².